The van der Waals surface area contributed by atoms with E-state index in [9.17, 15) is 18.0 Å². The van der Waals surface area contributed by atoms with E-state index < -0.39 is 28.9 Å². The number of rotatable bonds is 5. The maximum atomic E-state index is 13.3. The molecule has 0 unspecified atom stereocenters. The molecule has 0 aliphatic rings. The second-order valence-electron chi connectivity index (χ2n) is 4.14. The fourth-order valence-corrected chi connectivity index (χ4v) is 1.74. The number of nitrogens with zero attached hydrogens (tertiary/aromatic N) is 1. The van der Waals surface area contributed by atoms with Crippen LogP contribution < -0.4 is 5.32 Å². The number of aromatic nitrogens is 2. The smallest absolute Gasteiger partial charge is 0.257 e. The van der Waals surface area contributed by atoms with Crippen LogP contribution >= 0.6 is 0 Å². The van der Waals surface area contributed by atoms with Gasteiger partial charge in [0.1, 0.15) is 28.8 Å². The van der Waals surface area contributed by atoms with Crippen molar-refractivity contribution in [2.45, 2.75) is 12.8 Å². The van der Waals surface area contributed by atoms with Crippen LogP contribution in [0.4, 0.5) is 13.2 Å². The van der Waals surface area contributed by atoms with Crippen molar-refractivity contribution >= 4 is 5.91 Å². The topological polar surface area (TPSA) is 57.8 Å². The lowest BCUT2D eigenvalue weighted by molar-refractivity contribution is 0.0944. The van der Waals surface area contributed by atoms with Gasteiger partial charge >= 0.3 is 0 Å². The standard InChI is InChI=1S/C13H12F3N3O/c14-8-6-9(15)12(10(16)7-8)13(20)19-3-1-2-11-17-4-5-18-11/h4-7H,1-3H2,(H,17,18)(H,19,20). The maximum absolute atomic E-state index is 13.3. The molecular formula is C13H12F3N3O. The third-order valence-electron chi connectivity index (χ3n) is 2.66. The van der Waals surface area contributed by atoms with Gasteiger partial charge in [-0.3, -0.25) is 4.79 Å². The zero-order chi connectivity index (χ0) is 14.5. The summed E-state index contributed by atoms with van der Waals surface area (Å²) in [5, 5.41) is 2.38. The highest BCUT2D eigenvalue weighted by molar-refractivity contribution is 5.94. The van der Waals surface area contributed by atoms with E-state index in [-0.39, 0.29) is 6.54 Å². The molecule has 1 aromatic heterocycles. The van der Waals surface area contributed by atoms with Crippen LogP contribution in [0.5, 0.6) is 0 Å². The molecule has 0 saturated heterocycles. The van der Waals surface area contributed by atoms with Crippen molar-refractivity contribution in [1.82, 2.24) is 15.3 Å². The van der Waals surface area contributed by atoms with Crippen LogP contribution in [0.1, 0.15) is 22.6 Å². The Bertz CT molecular complexity index is 576. The molecule has 2 aromatic rings. The second kappa shape index (κ2) is 6.23. The molecule has 1 heterocycles. The summed E-state index contributed by atoms with van der Waals surface area (Å²) in [4.78, 5) is 18.5. The predicted octanol–water partition coefficient (Wildman–Crippen LogP) is 2.19. The molecule has 106 valence electrons. The number of carbonyl (C=O) groups excluding carboxylic acids is 1. The van der Waals surface area contributed by atoms with Gasteiger partial charge in [-0.25, -0.2) is 18.2 Å². The average Bonchev–Trinajstić information content (AvgIpc) is 2.86. The molecule has 4 nitrogen and oxygen atoms in total. The lowest BCUT2D eigenvalue weighted by Crippen LogP contribution is -2.27. The first-order chi connectivity index (χ1) is 9.58. The molecule has 2 N–H and O–H groups in total. The molecular weight excluding hydrogens is 271 g/mol. The Hall–Kier alpha value is -2.31. The maximum Gasteiger partial charge on any atom is 0.257 e. The molecule has 0 saturated carbocycles. The van der Waals surface area contributed by atoms with Gasteiger partial charge in [-0.15, -0.1) is 0 Å². The highest BCUT2D eigenvalue weighted by atomic mass is 19.1. The number of halogens is 3. The van der Waals surface area contributed by atoms with E-state index in [0.29, 0.717) is 25.0 Å². The Morgan fingerprint density at radius 3 is 2.55 bits per heavy atom. The summed E-state index contributed by atoms with van der Waals surface area (Å²) in [5.74, 6) is -3.63. The van der Waals surface area contributed by atoms with Crippen LogP contribution in [0.15, 0.2) is 24.5 Å². The Labute approximate surface area is 113 Å². The second-order valence-corrected chi connectivity index (χ2v) is 4.14. The van der Waals surface area contributed by atoms with Crippen molar-refractivity contribution in [1.29, 1.82) is 0 Å². The summed E-state index contributed by atoms with van der Waals surface area (Å²) in [7, 11) is 0. The monoisotopic (exact) mass is 283 g/mol. The minimum Gasteiger partial charge on any atom is -0.352 e. The van der Waals surface area contributed by atoms with E-state index in [4.69, 9.17) is 0 Å². The van der Waals surface area contributed by atoms with Gasteiger partial charge in [0, 0.05) is 37.5 Å². The molecule has 0 aliphatic carbocycles. The molecule has 7 heteroatoms. The van der Waals surface area contributed by atoms with Gasteiger partial charge in [-0.05, 0) is 6.42 Å². The number of nitrogens with one attached hydrogen (secondary N) is 2. The van der Waals surface area contributed by atoms with E-state index >= 15 is 0 Å². The van der Waals surface area contributed by atoms with Gasteiger partial charge in [-0.1, -0.05) is 0 Å². The quantitative estimate of drug-likeness (QED) is 0.826. The van der Waals surface area contributed by atoms with Crippen molar-refractivity contribution in [3.8, 4) is 0 Å². The Morgan fingerprint density at radius 2 is 1.95 bits per heavy atom. The number of amides is 1. The molecule has 20 heavy (non-hydrogen) atoms. The number of H-pyrrole nitrogens is 1. The first-order valence-corrected chi connectivity index (χ1v) is 5.99. The average molecular weight is 283 g/mol. The van der Waals surface area contributed by atoms with Gasteiger partial charge in [0.15, 0.2) is 0 Å². The van der Waals surface area contributed by atoms with Crippen LogP contribution in [0, 0.1) is 17.5 Å². The van der Waals surface area contributed by atoms with Crippen LogP contribution in [-0.2, 0) is 6.42 Å². The van der Waals surface area contributed by atoms with Crippen molar-refractivity contribution in [3.63, 3.8) is 0 Å². The molecule has 0 bridgehead atoms. The van der Waals surface area contributed by atoms with Gasteiger partial charge in [0.2, 0.25) is 0 Å². The van der Waals surface area contributed by atoms with E-state index in [1.54, 1.807) is 12.4 Å². The molecule has 1 amide bonds. The van der Waals surface area contributed by atoms with Crippen molar-refractivity contribution in [2.24, 2.45) is 0 Å². The van der Waals surface area contributed by atoms with Gasteiger partial charge in [0.25, 0.3) is 5.91 Å². The fraction of sp³-hybridized carbons (Fsp3) is 0.231. The molecule has 0 spiro atoms. The van der Waals surface area contributed by atoms with E-state index in [1.165, 1.54) is 0 Å². The molecule has 1 aromatic carbocycles. The van der Waals surface area contributed by atoms with Gasteiger partial charge in [-0.2, -0.15) is 0 Å². The minimum atomic E-state index is -1.22. The molecule has 0 aliphatic heterocycles. The highest BCUT2D eigenvalue weighted by Gasteiger charge is 2.18. The van der Waals surface area contributed by atoms with E-state index in [0.717, 1.165) is 5.82 Å². The minimum absolute atomic E-state index is 0.232. The molecule has 0 radical (unpaired) electrons. The molecule has 2 rings (SSSR count). The fourth-order valence-electron chi connectivity index (χ4n) is 1.74. The Morgan fingerprint density at radius 1 is 1.25 bits per heavy atom. The van der Waals surface area contributed by atoms with Crippen LogP contribution in [0.3, 0.4) is 0 Å². The summed E-state index contributed by atoms with van der Waals surface area (Å²) in [6, 6.07) is 0.946. The summed E-state index contributed by atoms with van der Waals surface area (Å²) >= 11 is 0. The van der Waals surface area contributed by atoms with Crippen LogP contribution in [0.2, 0.25) is 0 Å². The van der Waals surface area contributed by atoms with Crippen molar-refractivity contribution in [3.05, 3.63) is 53.4 Å². The van der Waals surface area contributed by atoms with Crippen LogP contribution in [0.25, 0.3) is 0 Å². The first-order valence-electron chi connectivity index (χ1n) is 5.99. The number of benzene rings is 1. The molecule has 0 fully saturated rings. The molecule has 0 atom stereocenters. The summed E-state index contributed by atoms with van der Waals surface area (Å²) in [6.45, 7) is 0.232. The first kappa shape index (κ1) is 14.1. The number of carbonyl (C=O) groups is 1. The Kier molecular flexibility index (Phi) is 4.39. The predicted molar refractivity (Wildman–Crippen MR) is 65.6 cm³/mol. The SMILES string of the molecule is O=C(NCCCc1ncc[nH]1)c1c(F)cc(F)cc1F. The summed E-state index contributed by atoms with van der Waals surface area (Å²) in [6.07, 6.45) is 4.44. The zero-order valence-electron chi connectivity index (χ0n) is 10.4. The summed E-state index contributed by atoms with van der Waals surface area (Å²) < 4.78 is 39.4. The largest absolute Gasteiger partial charge is 0.352 e. The van der Waals surface area contributed by atoms with Gasteiger partial charge in [0.05, 0.1) is 0 Å². The number of imidazole rings is 1. The van der Waals surface area contributed by atoms with Crippen molar-refractivity contribution < 1.29 is 18.0 Å². The number of hydrogen-bond acceptors (Lipinski definition) is 2. The number of aromatic amines is 1. The lowest BCUT2D eigenvalue weighted by atomic mass is 10.1. The normalized spacial score (nSPS) is 10.6. The number of aryl methyl sites for hydroxylation is 1. The lowest BCUT2D eigenvalue weighted by Gasteiger charge is -2.06. The third-order valence-corrected chi connectivity index (χ3v) is 2.66. The zero-order valence-corrected chi connectivity index (χ0v) is 10.4. The summed E-state index contributed by atoms with van der Waals surface area (Å²) in [5.41, 5.74) is -0.774. The van der Waals surface area contributed by atoms with E-state index in [2.05, 4.69) is 15.3 Å². The van der Waals surface area contributed by atoms with Crippen LogP contribution in [-0.4, -0.2) is 22.4 Å². The third kappa shape index (κ3) is 3.37. The van der Waals surface area contributed by atoms with E-state index in [1.807, 2.05) is 0 Å². The van der Waals surface area contributed by atoms with Gasteiger partial charge < -0.3 is 10.3 Å². The van der Waals surface area contributed by atoms with Crippen molar-refractivity contribution in [2.75, 3.05) is 6.54 Å². The highest BCUT2D eigenvalue weighted by Crippen LogP contribution is 2.14. The Balaban J connectivity index is 1.89. The number of hydrogen-bond donors (Lipinski definition) is 2.